The maximum Gasteiger partial charge on any atom is 0.0130 e. The largest absolute Gasteiger partial charge is 0.306 e. The van der Waals surface area contributed by atoms with Gasteiger partial charge in [0.25, 0.3) is 0 Å². The first-order chi connectivity index (χ1) is 15.7. The monoisotopic (exact) mass is 443 g/mol. The first kappa shape index (κ1) is 29.2. The standard InChI is InChI=1S/C31H57N/c1-4-5-6-7-8-9-10-11-12-13-14-15-16-17-18-19-20-21-25-28-31(32(2)3)29-30-26-23-22-24-27-30/h22-24,26-27,31H,4-21,25,28-29H2,1-3H3. The van der Waals surface area contributed by atoms with Gasteiger partial charge in [0, 0.05) is 6.04 Å². The van der Waals surface area contributed by atoms with E-state index in [1.807, 2.05) is 0 Å². The normalized spacial score (nSPS) is 12.5. The van der Waals surface area contributed by atoms with Crippen molar-refractivity contribution in [3.8, 4) is 0 Å². The van der Waals surface area contributed by atoms with Crippen molar-refractivity contribution in [1.82, 2.24) is 4.90 Å². The van der Waals surface area contributed by atoms with Crippen LogP contribution in [0.5, 0.6) is 0 Å². The average Bonchev–Trinajstić information content (AvgIpc) is 2.80. The van der Waals surface area contributed by atoms with E-state index in [0.29, 0.717) is 6.04 Å². The topological polar surface area (TPSA) is 3.24 Å². The Morgan fingerprint density at radius 2 is 0.906 bits per heavy atom. The SMILES string of the molecule is CCCCCCCCCCCCCCCCCCCCCC(Cc1ccccc1)N(C)C. The molecule has 0 N–H and O–H groups in total. The lowest BCUT2D eigenvalue weighted by molar-refractivity contribution is 0.269. The predicted octanol–water partition coefficient (Wildman–Crippen LogP) is 9.98. The molecule has 1 unspecified atom stereocenters. The molecule has 0 aliphatic heterocycles. The molecule has 0 fully saturated rings. The number of hydrogen-bond donors (Lipinski definition) is 0. The quantitative estimate of drug-likeness (QED) is 0.152. The van der Waals surface area contributed by atoms with Crippen molar-refractivity contribution >= 4 is 0 Å². The van der Waals surface area contributed by atoms with Crippen LogP contribution in [-0.2, 0) is 6.42 Å². The minimum Gasteiger partial charge on any atom is -0.306 e. The van der Waals surface area contributed by atoms with Gasteiger partial charge in [0.1, 0.15) is 0 Å². The Kier molecular flexibility index (Phi) is 20.1. The highest BCUT2D eigenvalue weighted by molar-refractivity contribution is 5.15. The van der Waals surface area contributed by atoms with Crippen LogP contribution in [0, 0.1) is 0 Å². The van der Waals surface area contributed by atoms with Crippen LogP contribution in [0.1, 0.15) is 141 Å². The highest BCUT2D eigenvalue weighted by Gasteiger charge is 2.11. The zero-order valence-electron chi connectivity index (χ0n) is 22.3. The van der Waals surface area contributed by atoms with Gasteiger partial charge >= 0.3 is 0 Å². The molecule has 0 heterocycles. The van der Waals surface area contributed by atoms with Crippen molar-refractivity contribution in [2.24, 2.45) is 0 Å². The first-order valence-corrected chi connectivity index (χ1v) is 14.4. The highest BCUT2D eigenvalue weighted by atomic mass is 15.1. The van der Waals surface area contributed by atoms with Crippen LogP contribution < -0.4 is 0 Å². The molecule has 1 rings (SSSR count). The van der Waals surface area contributed by atoms with Crippen LogP contribution in [-0.4, -0.2) is 25.0 Å². The summed E-state index contributed by atoms with van der Waals surface area (Å²) in [5.41, 5.74) is 1.48. The fourth-order valence-corrected chi connectivity index (χ4v) is 4.89. The highest BCUT2D eigenvalue weighted by Crippen LogP contribution is 2.17. The summed E-state index contributed by atoms with van der Waals surface area (Å²) in [7, 11) is 4.48. The van der Waals surface area contributed by atoms with Crippen molar-refractivity contribution in [2.45, 2.75) is 148 Å². The number of nitrogens with zero attached hydrogens (tertiary/aromatic N) is 1. The molecular weight excluding hydrogens is 386 g/mol. The third kappa shape index (κ3) is 17.7. The van der Waals surface area contributed by atoms with E-state index >= 15 is 0 Å². The Morgan fingerprint density at radius 1 is 0.531 bits per heavy atom. The molecule has 0 bridgehead atoms. The van der Waals surface area contributed by atoms with Crippen molar-refractivity contribution < 1.29 is 0 Å². The van der Waals surface area contributed by atoms with E-state index < -0.39 is 0 Å². The Hall–Kier alpha value is -0.820. The zero-order chi connectivity index (χ0) is 23.1. The summed E-state index contributed by atoms with van der Waals surface area (Å²) in [6.07, 6.45) is 30.2. The minimum atomic E-state index is 0.684. The predicted molar refractivity (Wildman–Crippen MR) is 146 cm³/mol. The summed E-state index contributed by atoms with van der Waals surface area (Å²) < 4.78 is 0. The Bertz CT molecular complexity index is 480. The zero-order valence-corrected chi connectivity index (χ0v) is 22.3. The number of unbranched alkanes of at least 4 members (excludes halogenated alkanes) is 18. The van der Waals surface area contributed by atoms with Crippen LogP contribution in [0.3, 0.4) is 0 Å². The third-order valence-electron chi connectivity index (χ3n) is 7.19. The summed E-state index contributed by atoms with van der Waals surface area (Å²) in [5.74, 6) is 0. The summed E-state index contributed by atoms with van der Waals surface area (Å²) in [6.45, 7) is 2.30. The molecule has 1 aromatic rings. The molecule has 186 valence electrons. The number of rotatable bonds is 23. The van der Waals surface area contributed by atoms with Gasteiger partial charge in [-0.25, -0.2) is 0 Å². The lowest BCUT2D eigenvalue weighted by Crippen LogP contribution is -2.30. The molecule has 0 saturated heterocycles. The molecule has 0 aliphatic rings. The van der Waals surface area contributed by atoms with E-state index in [0.717, 1.165) is 0 Å². The third-order valence-corrected chi connectivity index (χ3v) is 7.19. The first-order valence-electron chi connectivity index (χ1n) is 14.4. The summed E-state index contributed by atoms with van der Waals surface area (Å²) >= 11 is 0. The number of likely N-dealkylation sites (N-methyl/N-ethyl adjacent to an activating group) is 1. The molecule has 0 saturated carbocycles. The summed E-state index contributed by atoms with van der Waals surface area (Å²) in [5, 5.41) is 0. The van der Waals surface area contributed by atoms with E-state index in [1.165, 1.54) is 140 Å². The minimum absolute atomic E-state index is 0.684. The van der Waals surface area contributed by atoms with Gasteiger partial charge in [-0.15, -0.1) is 0 Å². The Labute approximate surface area is 202 Å². The number of hydrogen-bond acceptors (Lipinski definition) is 1. The van der Waals surface area contributed by atoms with Gasteiger partial charge in [0.05, 0.1) is 0 Å². The van der Waals surface area contributed by atoms with Gasteiger partial charge in [-0.2, -0.15) is 0 Å². The van der Waals surface area contributed by atoms with Crippen LogP contribution >= 0.6 is 0 Å². The molecule has 32 heavy (non-hydrogen) atoms. The second-order valence-corrected chi connectivity index (χ2v) is 10.5. The van der Waals surface area contributed by atoms with Crippen molar-refractivity contribution in [2.75, 3.05) is 14.1 Å². The number of benzene rings is 1. The molecule has 1 aromatic carbocycles. The second kappa shape index (κ2) is 22.0. The van der Waals surface area contributed by atoms with Crippen LogP contribution in [0.15, 0.2) is 30.3 Å². The fourth-order valence-electron chi connectivity index (χ4n) is 4.89. The lowest BCUT2D eigenvalue weighted by Gasteiger charge is -2.24. The summed E-state index contributed by atoms with van der Waals surface area (Å²) in [6, 6.07) is 11.7. The lowest BCUT2D eigenvalue weighted by atomic mass is 9.98. The van der Waals surface area contributed by atoms with Gasteiger partial charge in [-0.1, -0.05) is 159 Å². The molecule has 0 radical (unpaired) electrons. The van der Waals surface area contributed by atoms with Gasteiger partial charge in [-0.3, -0.25) is 0 Å². The van der Waals surface area contributed by atoms with Gasteiger partial charge in [-0.05, 0) is 32.5 Å². The second-order valence-electron chi connectivity index (χ2n) is 10.5. The molecule has 1 heteroatoms. The average molecular weight is 444 g/mol. The van der Waals surface area contributed by atoms with E-state index in [1.54, 1.807) is 0 Å². The van der Waals surface area contributed by atoms with E-state index in [9.17, 15) is 0 Å². The molecule has 0 aromatic heterocycles. The molecule has 1 atom stereocenters. The summed E-state index contributed by atoms with van der Waals surface area (Å²) in [4.78, 5) is 2.42. The van der Waals surface area contributed by atoms with Gasteiger partial charge in [0.2, 0.25) is 0 Å². The molecular formula is C31H57N. The van der Waals surface area contributed by atoms with Gasteiger partial charge in [0.15, 0.2) is 0 Å². The fraction of sp³-hybridized carbons (Fsp3) is 0.806. The Balaban J connectivity index is 1.82. The molecule has 1 nitrogen and oxygen atoms in total. The van der Waals surface area contributed by atoms with E-state index in [-0.39, 0.29) is 0 Å². The van der Waals surface area contributed by atoms with Crippen molar-refractivity contribution in [3.05, 3.63) is 35.9 Å². The van der Waals surface area contributed by atoms with Crippen LogP contribution in [0.2, 0.25) is 0 Å². The van der Waals surface area contributed by atoms with Crippen molar-refractivity contribution in [1.29, 1.82) is 0 Å². The van der Waals surface area contributed by atoms with Crippen LogP contribution in [0.25, 0.3) is 0 Å². The van der Waals surface area contributed by atoms with E-state index in [2.05, 4.69) is 56.3 Å². The molecule has 0 amide bonds. The molecule has 0 aliphatic carbocycles. The van der Waals surface area contributed by atoms with E-state index in [4.69, 9.17) is 0 Å². The maximum absolute atomic E-state index is 2.42. The van der Waals surface area contributed by atoms with Gasteiger partial charge < -0.3 is 4.90 Å². The van der Waals surface area contributed by atoms with Crippen LogP contribution in [0.4, 0.5) is 0 Å². The Morgan fingerprint density at radius 3 is 1.28 bits per heavy atom. The van der Waals surface area contributed by atoms with Crippen molar-refractivity contribution in [3.63, 3.8) is 0 Å². The maximum atomic E-state index is 2.42. The molecule has 0 spiro atoms. The smallest absolute Gasteiger partial charge is 0.0130 e.